The fourth-order valence-electron chi connectivity index (χ4n) is 4.74. The van der Waals surface area contributed by atoms with Gasteiger partial charge < -0.3 is 14.8 Å². The fourth-order valence-corrected chi connectivity index (χ4v) is 7.29. The van der Waals surface area contributed by atoms with E-state index in [0.29, 0.717) is 17.2 Å². The minimum Gasteiger partial charge on any atom is -0.481 e. The molecule has 0 spiro atoms. The van der Waals surface area contributed by atoms with Gasteiger partial charge in [-0.05, 0) is 74.3 Å². The molecule has 1 aliphatic heterocycles. The van der Waals surface area contributed by atoms with E-state index in [1.807, 2.05) is 18.2 Å². The van der Waals surface area contributed by atoms with Crippen molar-refractivity contribution in [1.29, 1.82) is 0 Å². The number of nitrogens with one attached hydrogen (secondary N) is 1. The van der Waals surface area contributed by atoms with Crippen molar-refractivity contribution in [3.8, 4) is 10.7 Å². The summed E-state index contributed by atoms with van der Waals surface area (Å²) in [5.41, 5.74) is 3.09. The summed E-state index contributed by atoms with van der Waals surface area (Å²) in [6.07, 6.45) is 6.85. The summed E-state index contributed by atoms with van der Waals surface area (Å²) in [6.45, 7) is 1.56. The van der Waals surface area contributed by atoms with E-state index in [1.54, 1.807) is 18.3 Å². The van der Waals surface area contributed by atoms with Gasteiger partial charge in [-0.25, -0.2) is 13.4 Å². The van der Waals surface area contributed by atoms with E-state index in [-0.39, 0.29) is 17.6 Å². The minimum absolute atomic E-state index is 0.0945. The Morgan fingerprint density at radius 1 is 1.11 bits per heavy atom. The maximum Gasteiger partial charge on any atom is 0.303 e. The Bertz CT molecular complexity index is 1270. The lowest BCUT2D eigenvalue weighted by Gasteiger charge is -2.27. The third-order valence-electron chi connectivity index (χ3n) is 6.94. The van der Waals surface area contributed by atoms with Crippen LogP contribution in [0.15, 0.2) is 47.5 Å². The van der Waals surface area contributed by atoms with E-state index >= 15 is 0 Å². The topological polar surface area (TPSA) is 109 Å². The molecule has 5 rings (SSSR count). The number of carboxylic acid groups (broad SMARTS) is 1. The number of ether oxygens (including phenoxy) is 1. The Kier molecular flexibility index (Phi) is 7.09. The molecule has 1 unspecified atom stereocenters. The number of nitrogens with zero attached hydrogens (tertiary/aromatic N) is 1. The van der Waals surface area contributed by atoms with Gasteiger partial charge in [-0.2, -0.15) is 0 Å². The summed E-state index contributed by atoms with van der Waals surface area (Å²) >= 11 is 1.51. The van der Waals surface area contributed by atoms with E-state index in [4.69, 9.17) is 9.84 Å². The van der Waals surface area contributed by atoms with Gasteiger partial charge in [-0.1, -0.05) is 12.1 Å². The second kappa shape index (κ2) is 10.2. The normalized spacial score (nSPS) is 17.9. The van der Waals surface area contributed by atoms with Gasteiger partial charge in [0.2, 0.25) is 0 Å². The first-order valence-electron chi connectivity index (χ1n) is 12.2. The van der Waals surface area contributed by atoms with Gasteiger partial charge in [0, 0.05) is 35.9 Å². The Balaban J connectivity index is 1.39. The number of rotatable bonds is 10. The van der Waals surface area contributed by atoms with Crippen LogP contribution in [0.25, 0.3) is 10.7 Å². The first-order valence-corrected chi connectivity index (χ1v) is 14.5. The van der Waals surface area contributed by atoms with Crippen molar-refractivity contribution in [1.82, 2.24) is 9.97 Å². The largest absolute Gasteiger partial charge is 0.481 e. The van der Waals surface area contributed by atoms with Gasteiger partial charge in [-0.3, -0.25) is 4.79 Å². The van der Waals surface area contributed by atoms with Gasteiger partial charge in [0.15, 0.2) is 9.84 Å². The number of aromatic nitrogens is 2. The van der Waals surface area contributed by atoms with Crippen LogP contribution in [0, 0.1) is 5.92 Å². The van der Waals surface area contributed by atoms with Crippen molar-refractivity contribution in [2.75, 3.05) is 13.2 Å². The van der Waals surface area contributed by atoms with Crippen molar-refractivity contribution in [3.63, 3.8) is 0 Å². The summed E-state index contributed by atoms with van der Waals surface area (Å²) in [6, 6.07) is 11.6. The Morgan fingerprint density at radius 2 is 1.86 bits per heavy atom. The van der Waals surface area contributed by atoms with Crippen molar-refractivity contribution in [3.05, 3.63) is 58.7 Å². The number of thiazole rings is 1. The summed E-state index contributed by atoms with van der Waals surface area (Å²) in [5, 5.41) is 9.56. The highest BCUT2D eigenvalue weighted by Gasteiger charge is 2.37. The smallest absolute Gasteiger partial charge is 0.303 e. The molecular weight excluding hydrogens is 484 g/mol. The van der Waals surface area contributed by atoms with Crippen LogP contribution in [-0.2, 0) is 25.8 Å². The zero-order valence-corrected chi connectivity index (χ0v) is 21.1. The molecule has 0 bridgehead atoms. The predicted molar refractivity (Wildman–Crippen MR) is 135 cm³/mol. The monoisotopic (exact) mass is 514 g/mol. The van der Waals surface area contributed by atoms with Crippen LogP contribution in [0.3, 0.4) is 0 Å². The number of aliphatic carboxylic acids is 1. The molecule has 3 aromatic rings. The number of carboxylic acids is 1. The van der Waals surface area contributed by atoms with Crippen LogP contribution in [-0.4, -0.2) is 47.9 Å². The van der Waals surface area contributed by atoms with Crippen LogP contribution >= 0.6 is 11.3 Å². The van der Waals surface area contributed by atoms with Gasteiger partial charge in [-0.15, -0.1) is 11.3 Å². The van der Waals surface area contributed by atoms with Crippen molar-refractivity contribution in [2.24, 2.45) is 5.92 Å². The molecule has 1 saturated carbocycles. The fraction of sp³-hybridized carbons (Fsp3) is 0.462. The van der Waals surface area contributed by atoms with Crippen molar-refractivity contribution < 1.29 is 23.1 Å². The molecule has 7 nitrogen and oxygen atoms in total. The Labute approximate surface area is 209 Å². The Hall–Kier alpha value is -2.49. The minimum atomic E-state index is -3.21. The molecule has 9 heteroatoms. The number of H-pyrrole nitrogens is 1. The first kappa shape index (κ1) is 24.2. The van der Waals surface area contributed by atoms with E-state index in [2.05, 4.69) is 16.0 Å². The number of sulfone groups is 1. The van der Waals surface area contributed by atoms with Gasteiger partial charge in [0.1, 0.15) is 5.01 Å². The summed E-state index contributed by atoms with van der Waals surface area (Å²) in [7, 11) is -3.21. The predicted octanol–water partition coefficient (Wildman–Crippen LogP) is 5.04. The highest BCUT2D eigenvalue weighted by Crippen LogP contribution is 2.38. The van der Waals surface area contributed by atoms with Crippen LogP contribution < -0.4 is 0 Å². The molecule has 1 aromatic carbocycles. The summed E-state index contributed by atoms with van der Waals surface area (Å²) < 4.78 is 30.9. The summed E-state index contributed by atoms with van der Waals surface area (Å²) in [5.74, 6) is -0.164. The van der Waals surface area contributed by atoms with Crippen molar-refractivity contribution in [2.45, 2.75) is 61.0 Å². The van der Waals surface area contributed by atoms with E-state index in [1.165, 1.54) is 11.3 Å². The molecule has 2 aromatic heterocycles. The van der Waals surface area contributed by atoms with Crippen LogP contribution in [0.1, 0.15) is 60.6 Å². The molecular formula is C26H30N2O5S2. The highest BCUT2D eigenvalue weighted by atomic mass is 32.2. The van der Waals surface area contributed by atoms with E-state index < -0.39 is 15.8 Å². The molecule has 1 atom stereocenters. The lowest BCUT2D eigenvalue weighted by molar-refractivity contribution is -0.136. The number of hydrogen-bond acceptors (Lipinski definition) is 6. The second-order valence-corrected chi connectivity index (χ2v) is 12.9. The summed E-state index contributed by atoms with van der Waals surface area (Å²) in [4.78, 5) is 20.3. The second-order valence-electron chi connectivity index (χ2n) is 9.51. The standard InChI is InChI=1S/C26H30N2O5S2/c29-25(30)10-3-19-16-27-26(34-19)24-9-8-23(28-24)22(15-17-11-13-33-14-12-17)18-1-4-20(5-2-18)35(31,32)21-6-7-21/h1-2,4-5,8-9,16-17,21-22,28H,3,6-7,10-15H2,(H,29,30). The maximum absolute atomic E-state index is 12.7. The van der Waals surface area contributed by atoms with Crippen LogP contribution in [0.4, 0.5) is 0 Å². The number of carbonyl (C=O) groups is 1. The zero-order valence-electron chi connectivity index (χ0n) is 19.5. The first-order chi connectivity index (χ1) is 16.9. The van der Waals surface area contributed by atoms with Crippen LogP contribution in [0.2, 0.25) is 0 Å². The van der Waals surface area contributed by atoms with Crippen molar-refractivity contribution >= 4 is 27.1 Å². The molecule has 2 fully saturated rings. The quantitative estimate of drug-likeness (QED) is 0.392. The number of benzene rings is 1. The molecule has 0 radical (unpaired) electrons. The average Bonchev–Trinajstić information content (AvgIpc) is 3.44. The van der Waals surface area contributed by atoms with Gasteiger partial charge in [0.05, 0.1) is 22.3 Å². The third-order valence-corrected chi connectivity index (χ3v) is 10.3. The maximum atomic E-state index is 12.7. The molecule has 3 heterocycles. The lowest BCUT2D eigenvalue weighted by Crippen LogP contribution is -2.19. The molecule has 0 amide bonds. The molecule has 186 valence electrons. The molecule has 2 aliphatic rings. The van der Waals surface area contributed by atoms with Gasteiger partial charge in [0.25, 0.3) is 0 Å². The zero-order chi connectivity index (χ0) is 24.4. The highest BCUT2D eigenvalue weighted by molar-refractivity contribution is 7.92. The number of aryl methyl sites for hydroxylation is 1. The lowest BCUT2D eigenvalue weighted by atomic mass is 9.83. The molecule has 35 heavy (non-hydrogen) atoms. The molecule has 1 aliphatic carbocycles. The molecule has 1 saturated heterocycles. The van der Waals surface area contributed by atoms with Gasteiger partial charge >= 0.3 is 5.97 Å². The SMILES string of the molecule is O=C(O)CCc1cnc(-c2ccc(C(CC3CCOCC3)c3ccc(S(=O)(=O)C4CC4)cc3)[nH]2)s1. The Morgan fingerprint density at radius 3 is 2.54 bits per heavy atom. The average molecular weight is 515 g/mol. The number of hydrogen-bond donors (Lipinski definition) is 2. The molecule has 2 N–H and O–H groups in total. The number of aromatic amines is 1. The van der Waals surface area contributed by atoms with Crippen LogP contribution in [0.5, 0.6) is 0 Å². The third kappa shape index (κ3) is 5.68. The van der Waals surface area contributed by atoms with E-state index in [9.17, 15) is 13.2 Å². The van der Waals surface area contributed by atoms with E-state index in [0.717, 1.165) is 72.2 Å².